The molecule has 0 amide bonds. The molecule has 0 heterocycles. The van der Waals surface area contributed by atoms with Gasteiger partial charge in [-0.05, 0) is 52.3 Å². The molecule has 1 fully saturated rings. The Kier molecular flexibility index (Phi) is 24.7. The second kappa shape index (κ2) is 20.8. The topological polar surface area (TPSA) is 32.3 Å². The molecule has 1 unspecified atom stereocenters. The van der Waals surface area contributed by atoms with Crippen LogP contribution < -0.4 is 5.48 Å². The zero-order valence-corrected chi connectivity index (χ0v) is 30.0. The standard InChI is InChI=1S/C11H23NO.4C6H14/c1-11(2,3)8-10(12-13)9-6-4-5-7-9;4*1-5-6(2,3)4/h9-10,12-13H,4-8H2,1-3H3;4*5H2,1-4H3. The third-order valence-corrected chi connectivity index (χ3v) is 7.21. The minimum absolute atomic E-state index is 0.308. The number of hydroxylamine groups is 1. The number of hydrogen-bond acceptors (Lipinski definition) is 2. The largest absolute Gasteiger partial charge is 0.317 e. The normalized spacial score (nSPS) is 15.6. The highest BCUT2D eigenvalue weighted by Gasteiger charge is 2.28. The Morgan fingerprint density at radius 1 is 0.514 bits per heavy atom. The molecule has 1 rings (SSSR count). The highest BCUT2D eigenvalue weighted by Crippen LogP contribution is 2.33. The molecule has 0 saturated heterocycles. The second-order valence-corrected chi connectivity index (χ2v) is 17.2. The first-order valence-electron chi connectivity index (χ1n) is 15.7. The van der Waals surface area contributed by atoms with E-state index in [0.717, 1.165) is 6.42 Å². The molecule has 37 heavy (non-hydrogen) atoms. The van der Waals surface area contributed by atoms with Crippen molar-refractivity contribution in [3.8, 4) is 0 Å². The fourth-order valence-electron chi connectivity index (χ4n) is 2.34. The van der Waals surface area contributed by atoms with Gasteiger partial charge in [0.15, 0.2) is 0 Å². The van der Waals surface area contributed by atoms with Gasteiger partial charge in [0.2, 0.25) is 0 Å². The van der Waals surface area contributed by atoms with Gasteiger partial charge in [0.1, 0.15) is 0 Å². The van der Waals surface area contributed by atoms with Crippen molar-refractivity contribution in [2.45, 2.75) is 195 Å². The second-order valence-electron chi connectivity index (χ2n) is 17.2. The average Bonchev–Trinajstić information content (AvgIpc) is 3.26. The van der Waals surface area contributed by atoms with E-state index in [0.29, 0.717) is 39.0 Å². The summed E-state index contributed by atoms with van der Waals surface area (Å²) in [6, 6.07) is 0.308. The van der Waals surface area contributed by atoms with Crippen molar-refractivity contribution < 1.29 is 5.21 Å². The quantitative estimate of drug-likeness (QED) is 0.356. The van der Waals surface area contributed by atoms with E-state index in [9.17, 15) is 0 Å². The summed E-state index contributed by atoms with van der Waals surface area (Å²) in [4.78, 5) is 0. The van der Waals surface area contributed by atoms with Gasteiger partial charge in [-0.2, -0.15) is 0 Å². The van der Waals surface area contributed by atoms with Gasteiger partial charge in [-0.3, -0.25) is 0 Å². The molecule has 0 aromatic carbocycles. The molecule has 1 aliphatic rings. The molecule has 1 atom stereocenters. The van der Waals surface area contributed by atoms with Crippen LogP contribution in [0.2, 0.25) is 0 Å². The molecule has 2 N–H and O–H groups in total. The smallest absolute Gasteiger partial charge is 0.0352 e. The maximum Gasteiger partial charge on any atom is 0.0352 e. The molecule has 0 aromatic rings. The lowest BCUT2D eigenvalue weighted by molar-refractivity contribution is 0.0744. The van der Waals surface area contributed by atoms with Crippen LogP contribution in [0.5, 0.6) is 0 Å². The van der Waals surface area contributed by atoms with Crippen molar-refractivity contribution in [2.75, 3.05) is 0 Å². The van der Waals surface area contributed by atoms with Crippen molar-refractivity contribution in [3.05, 3.63) is 0 Å². The van der Waals surface area contributed by atoms with Crippen molar-refractivity contribution in [1.82, 2.24) is 5.48 Å². The maximum atomic E-state index is 9.10. The van der Waals surface area contributed by atoms with E-state index in [-0.39, 0.29) is 0 Å². The fraction of sp³-hybridized carbons (Fsp3) is 1.00. The Morgan fingerprint density at radius 2 is 0.730 bits per heavy atom. The van der Waals surface area contributed by atoms with Gasteiger partial charge in [-0.15, -0.1) is 0 Å². The van der Waals surface area contributed by atoms with Crippen LogP contribution in [0.3, 0.4) is 0 Å². The monoisotopic (exact) mass is 530 g/mol. The molecule has 2 nitrogen and oxygen atoms in total. The van der Waals surface area contributed by atoms with Crippen molar-refractivity contribution >= 4 is 0 Å². The van der Waals surface area contributed by atoms with Crippen molar-refractivity contribution in [1.29, 1.82) is 0 Å². The van der Waals surface area contributed by atoms with Gasteiger partial charge in [0, 0.05) is 6.04 Å². The van der Waals surface area contributed by atoms with Crippen LogP contribution in [0, 0.1) is 33.0 Å². The van der Waals surface area contributed by atoms with E-state index in [1.807, 2.05) is 0 Å². The zero-order valence-electron chi connectivity index (χ0n) is 30.0. The Labute approximate surface area is 238 Å². The number of nitrogens with one attached hydrogen (secondary N) is 1. The van der Waals surface area contributed by atoms with Gasteiger partial charge in [0.05, 0.1) is 0 Å². The Hall–Kier alpha value is -0.0800. The number of rotatable bonds is 3. The minimum atomic E-state index is 0.308. The van der Waals surface area contributed by atoms with Crippen LogP contribution in [0.4, 0.5) is 0 Å². The van der Waals surface area contributed by atoms with Gasteiger partial charge in [0.25, 0.3) is 0 Å². The molecular weight excluding hydrogens is 450 g/mol. The third-order valence-electron chi connectivity index (χ3n) is 7.21. The van der Waals surface area contributed by atoms with Crippen LogP contribution in [-0.4, -0.2) is 11.2 Å². The Morgan fingerprint density at radius 3 is 0.865 bits per heavy atom. The molecule has 0 aromatic heterocycles. The number of hydrogen-bond donors (Lipinski definition) is 2. The highest BCUT2D eigenvalue weighted by molar-refractivity contribution is 4.82. The Bertz CT molecular complexity index is 412. The van der Waals surface area contributed by atoms with E-state index in [2.05, 4.69) is 137 Å². The van der Waals surface area contributed by atoms with Gasteiger partial charge in [-0.1, -0.05) is 170 Å². The summed E-state index contributed by atoms with van der Waals surface area (Å²) in [7, 11) is 0. The summed E-state index contributed by atoms with van der Waals surface area (Å²) in [5.74, 6) is 0.698. The molecular formula is C35H79NO. The first-order valence-corrected chi connectivity index (χ1v) is 15.7. The summed E-state index contributed by atoms with van der Waals surface area (Å²) in [5, 5.41) is 9.10. The summed E-state index contributed by atoms with van der Waals surface area (Å²) in [6.45, 7) is 42.4. The molecule has 2 heteroatoms. The van der Waals surface area contributed by atoms with Gasteiger partial charge >= 0.3 is 0 Å². The molecule has 0 bridgehead atoms. The summed E-state index contributed by atoms with van der Waals surface area (Å²) in [6.07, 6.45) is 11.4. The van der Waals surface area contributed by atoms with Crippen LogP contribution in [0.25, 0.3) is 0 Å². The summed E-state index contributed by atoms with van der Waals surface area (Å²) < 4.78 is 0. The van der Waals surface area contributed by atoms with E-state index >= 15 is 0 Å². The summed E-state index contributed by atoms with van der Waals surface area (Å²) in [5.41, 5.74) is 4.98. The first kappa shape index (κ1) is 44.0. The van der Waals surface area contributed by atoms with Crippen molar-refractivity contribution in [3.63, 3.8) is 0 Å². The molecule has 1 saturated carbocycles. The molecule has 0 radical (unpaired) electrons. The fourth-order valence-corrected chi connectivity index (χ4v) is 2.34. The molecule has 0 aliphatic heterocycles. The lowest BCUT2D eigenvalue weighted by Crippen LogP contribution is -2.36. The SMILES string of the molecule is CC(C)(C)CC(NO)C1CCCC1.CCC(C)(C)C.CCC(C)(C)C.CCC(C)(C)C.CCC(C)(C)C. The van der Waals surface area contributed by atoms with Crippen LogP contribution >= 0.6 is 0 Å². The van der Waals surface area contributed by atoms with Gasteiger partial charge < -0.3 is 5.21 Å². The lowest BCUT2D eigenvalue weighted by Gasteiger charge is -2.29. The molecule has 230 valence electrons. The van der Waals surface area contributed by atoms with E-state index < -0.39 is 0 Å². The zero-order chi connectivity index (χ0) is 30.7. The third kappa shape index (κ3) is 46.2. The van der Waals surface area contributed by atoms with Crippen molar-refractivity contribution in [2.24, 2.45) is 33.0 Å². The maximum absolute atomic E-state index is 9.10. The van der Waals surface area contributed by atoms with Gasteiger partial charge in [-0.25, -0.2) is 5.48 Å². The average molecular weight is 530 g/mol. The van der Waals surface area contributed by atoms with Crippen LogP contribution in [0.15, 0.2) is 0 Å². The summed E-state index contributed by atoms with van der Waals surface area (Å²) >= 11 is 0. The van der Waals surface area contributed by atoms with Crippen LogP contribution in [0.1, 0.15) is 189 Å². The van der Waals surface area contributed by atoms with Crippen LogP contribution in [-0.2, 0) is 0 Å². The molecule has 1 aliphatic carbocycles. The Balaban J connectivity index is -0.000000196. The predicted molar refractivity (Wildman–Crippen MR) is 174 cm³/mol. The van der Waals surface area contributed by atoms with E-state index in [4.69, 9.17) is 5.21 Å². The minimum Gasteiger partial charge on any atom is -0.317 e. The van der Waals surface area contributed by atoms with E-state index in [1.54, 1.807) is 0 Å². The molecule has 0 spiro atoms. The predicted octanol–water partition coefficient (Wildman–Crippen LogP) is 12.7. The first-order chi connectivity index (χ1) is 16.3. The lowest BCUT2D eigenvalue weighted by atomic mass is 9.83. The highest BCUT2D eigenvalue weighted by atomic mass is 16.5. The van der Waals surface area contributed by atoms with E-state index in [1.165, 1.54) is 51.4 Å².